The van der Waals surface area contributed by atoms with Crippen LogP contribution in [0.4, 0.5) is 6.01 Å². The molecule has 6 heteroatoms. The first-order valence-corrected chi connectivity index (χ1v) is 7.67. The molecule has 2 heterocycles. The lowest BCUT2D eigenvalue weighted by Gasteiger charge is -2.21. The largest absolute Gasteiger partial charge is 0.406 e. The molecular weight excluding hydrogens is 256 g/mol. The number of likely N-dealkylation sites (N-methyl/N-ethyl adjacent to an activating group) is 1. The molecule has 2 unspecified atom stereocenters. The van der Waals surface area contributed by atoms with E-state index in [9.17, 15) is 0 Å². The van der Waals surface area contributed by atoms with Crippen LogP contribution in [0.5, 0.6) is 0 Å². The van der Waals surface area contributed by atoms with Crippen molar-refractivity contribution in [3.63, 3.8) is 0 Å². The van der Waals surface area contributed by atoms with E-state index in [1.165, 1.54) is 0 Å². The minimum Gasteiger partial charge on any atom is -0.406 e. The van der Waals surface area contributed by atoms with Gasteiger partial charge in [0.1, 0.15) is 0 Å². The number of anilines is 1. The molecule has 1 fully saturated rings. The molecule has 1 aromatic rings. The molecule has 1 aliphatic rings. The maximum absolute atomic E-state index is 5.79. The Hall–Kier alpha value is -1.14. The first-order valence-electron chi connectivity index (χ1n) is 7.67. The van der Waals surface area contributed by atoms with Gasteiger partial charge in [-0.25, -0.2) is 0 Å². The molecule has 1 aromatic heterocycles. The zero-order chi connectivity index (χ0) is 14.4. The van der Waals surface area contributed by atoms with E-state index in [1.54, 1.807) is 0 Å². The van der Waals surface area contributed by atoms with E-state index in [-0.39, 0.29) is 6.04 Å². The van der Waals surface area contributed by atoms with Crippen LogP contribution in [0.1, 0.15) is 52.0 Å². The Labute approximate surface area is 120 Å². The van der Waals surface area contributed by atoms with E-state index in [4.69, 9.17) is 9.15 Å². The summed E-state index contributed by atoms with van der Waals surface area (Å²) in [6.45, 7) is 9.77. The van der Waals surface area contributed by atoms with Gasteiger partial charge in [-0.3, -0.25) is 0 Å². The van der Waals surface area contributed by atoms with Crippen LogP contribution < -0.4 is 10.2 Å². The molecule has 0 aliphatic carbocycles. The van der Waals surface area contributed by atoms with Crippen LogP contribution in [0.3, 0.4) is 0 Å². The first-order chi connectivity index (χ1) is 9.74. The molecule has 0 aromatic carbocycles. The van der Waals surface area contributed by atoms with Crippen LogP contribution in [0.2, 0.25) is 0 Å². The Kier molecular flexibility index (Phi) is 5.79. The standard InChI is InChI=1S/C14H26N4O2/c1-4-8-15-11(3)13-16-17-14(20-13)18(5-2)10-12-7-6-9-19-12/h11-12,15H,4-10H2,1-3H3. The number of hydrogen-bond acceptors (Lipinski definition) is 6. The Morgan fingerprint density at radius 2 is 2.25 bits per heavy atom. The van der Waals surface area contributed by atoms with Gasteiger partial charge in [0.05, 0.1) is 12.1 Å². The maximum Gasteiger partial charge on any atom is 0.318 e. The Balaban J connectivity index is 1.94. The number of aromatic nitrogens is 2. The van der Waals surface area contributed by atoms with E-state index in [1.807, 2.05) is 6.92 Å². The summed E-state index contributed by atoms with van der Waals surface area (Å²) in [6, 6.07) is 0.695. The summed E-state index contributed by atoms with van der Waals surface area (Å²) in [5, 5.41) is 11.7. The van der Waals surface area contributed by atoms with Gasteiger partial charge in [0.2, 0.25) is 5.89 Å². The van der Waals surface area contributed by atoms with Crippen molar-refractivity contribution in [1.82, 2.24) is 15.5 Å². The maximum atomic E-state index is 5.79. The highest BCUT2D eigenvalue weighted by molar-refractivity contribution is 5.24. The van der Waals surface area contributed by atoms with Crippen molar-refractivity contribution >= 4 is 6.01 Å². The van der Waals surface area contributed by atoms with E-state index in [2.05, 4.69) is 34.3 Å². The molecule has 0 amide bonds. The van der Waals surface area contributed by atoms with Crippen LogP contribution >= 0.6 is 0 Å². The summed E-state index contributed by atoms with van der Waals surface area (Å²) in [6.07, 6.45) is 3.65. The molecule has 1 saturated heterocycles. The van der Waals surface area contributed by atoms with Crippen LogP contribution in [0.15, 0.2) is 4.42 Å². The minimum absolute atomic E-state index is 0.0950. The highest BCUT2D eigenvalue weighted by Crippen LogP contribution is 2.20. The quantitative estimate of drug-likeness (QED) is 0.788. The summed E-state index contributed by atoms with van der Waals surface area (Å²) in [5.74, 6) is 0.652. The zero-order valence-electron chi connectivity index (χ0n) is 12.8. The molecule has 0 bridgehead atoms. The topological polar surface area (TPSA) is 63.4 Å². The van der Waals surface area contributed by atoms with Gasteiger partial charge in [-0.05, 0) is 39.7 Å². The lowest BCUT2D eigenvalue weighted by Crippen LogP contribution is -2.32. The third-order valence-electron chi connectivity index (χ3n) is 3.60. The zero-order valence-corrected chi connectivity index (χ0v) is 12.8. The van der Waals surface area contributed by atoms with E-state index in [0.717, 1.165) is 45.5 Å². The second kappa shape index (κ2) is 7.59. The number of nitrogens with zero attached hydrogens (tertiary/aromatic N) is 3. The van der Waals surface area contributed by atoms with Gasteiger partial charge in [0.25, 0.3) is 0 Å². The van der Waals surface area contributed by atoms with Crippen LogP contribution in [0.25, 0.3) is 0 Å². The molecule has 1 N–H and O–H groups in total. The lowest BCUT2D eigenvalue weighted by atomic mass is 10.2. The molecule has 0 radical (unpaired) electrons. The molecule has 20 heavy (non-hydrogen) atoms. The van der Waals surface area contributed by atoms with Crippen molar-refractivity contribution in [2.75, 3.05) is 31.1 Å². The number of rotatable bonds is 8. The third kappa shape index (κ3) is 3.93. The van der Waals surface area contributed by atoms with E-state index >= 15 is 0 Å². The molecule has 2 rings (SSSR count). The molecule has 0 spiro atoms. The summed E-state index contributed by atoms with van der Waals surface area (Å²) in [5.41, 5.74) is 0. The lowest BCUT2D eigenvalue weighted by molar-refractivity contribution is 0.115. The Morgan fingerprint density at radius 1 is 1.40 bits per heavy atom. The summed E-state index contributed by atoms with van der Waals surface area (Å²) >= 11 is 0. The smallest absolute Gasteiger partial charge is 0.318 e. The molecule has 6 nitrogen and oxygen atoms in total. The van der Waals surface area contributed by atoms with Crippen molar-refractivity contribution in [2.45, 2.75) is 52.2 Å². The van der Waals surface area contributed by atoms with E-state index in [0.29, 0.717) is 18.0 Å². The third-order valence-corrected chi connectivity index (χ3v) is 3.60. The second-order valence-corrected chi connectivity index (χ2v) is 5.27. The van der Waals surface area contributed by atoms with Gasteiger partial charge in [-0.15, -0.1) is 5.10 Å². The fraction of sp³-hybridized carbons (Fsp3) is 0.857. The van der Waals surface area contributed by atoms with Gasteiger partial charge in [-0.1, -0.05) is 12.0 Å². The monoisotopic (exact) mass is 282 g/mol. The van der Waals surface area contributed by atoms with Crippen molar-refractivity contribution in [3.8, 4) is 0 Å². The van der Waals surface area contributed by atoms with E-state index < -0.39 is 0 Å². The highest BCUT2D eigenvalue weighted by Gasteiger charge is 2.22. The minimum atomic E-state index is 0.0950. The van der Waals surface area contributed by atoms with Gasteiger partial charge < -0.3 is 19.4 Å². The summed E-state index contributed by atoms with van der Waals surface area (Å²) in [4.78, 5) is 2.10. The summed E-state index contributed by atoms with van der Waals surface area (Å²) < 4.78 is 11.5. The van der Waals surface area contributed by atoms with Gasteiger partial charge in [-0.2, -0.15) is 0 Å². The van der Waals surface area contributed by atoms with Crippen molar-refractivity contribution in [1.29, 1.82) is 0 Å². The van der Waals surface area contributed by atoms with Crippen LogP contribution in [0, 0.1) is 0 Å². The number of hydrogen-bond donors (Lipinski definition) is 1. The Morgan fingerprint density at radius 3 is 2.90 bits per heavy atom. The average molecular weight is 282 g/mol. The highest BCUT2D eigenvalue weighted by atomic mass is 16.5. The molecule has 1 aliphatic heterocycles. The SMILES string of the molecule is CCCNC(C)c1nnc(N(CC)CC2CCCO2)o1. The van der Waals surface area contributed by atoms with Gasteiger partial charge >= 0.3 is 6.01 Å². The fourth-order valence-corrected chi connectivity index (χ4v) is 2.35. The molecule has 114 valence electrons. The van der Waals surface area contributed by atoms with Crippen LogP contribution in [-0.2, 0) is 4.74 Å². The molecule has 0 saturated carbocycles. The average Bonchev–Trinajstić information content (AvgIpc) is 3.13. The Bertz CT molecular complexity index is 390. The van der Waals surface area contributed by atoms with Crippen LogP contribution in [-0.4, -0.2) is 42.5 Å². The van der Waals surface area contributed by atoms with Crippen molar-refractivity contribution in [2.24, 2.45) is 0 Å². The van der Waals surface area contributed by atoms with Gasteiger partial charge in [0, 0.05) is 19.7 Å². The predicted octanol–water partition coefficient (Wildman–Crippen LogP) is 2.14. The summed E-state index contributed by atoms with van der Waals surface area (Å²) in [7, 11) is 0. The first kappa shape index (κ1) is 15.3. The molecule has 2 atom stereocenters. The molecular formula is C14H26N4O2. The second-order valence-electron chi connectivity index (χ2n) is 5.27. The normalized spacial score (nSPS) is 20.2. The van der Waals surface area contributed by atoms with Gasteiger partial charge in [0.15, 0.2) is 0 Å². The predicted molar refractivity (Wildman–Crippen MR) is 77.9 cm³/mol. The van der Waals surface area contributed by atoms with Crippen molar-refractivity contribution in [3.05, 3.63) is 5.89 Å². The number of ether oxygens (including phenoxy) is 1. The van der Waals surface area contributed by atoms with Crippen molar-refractivity contribution < 1.29 is 9.15 Å². The fourth-order valence-electron chi connectivity index (χ4n) is 2.35. The number of nitrogens with one attached hydrogen (secondary N) is 1.